The van der Waals surface area contributed by atoms with E-state index in [-0.39, 0.29) is 42.6 Å². The molecular weight excluding hydrogens is 185 g/mol. The van der Waals surface area contributed by atoms with Crippen LogP contribution < -0.4 is 0 Å². The summed E-state index contributed by atoms with van der Waals surface area (Å²) in [6, 6.07) is 1.54. The molecule has 1 aromatic rings. The van der Waals surface area contributed by atoms with E-state index in [4.69, 9.17) is 10.2 Å². The van der Waals surface area contributed by atoms with Gasteiger partial charge in [0.1, 0.15) is 6.61 Å². The van der Waals surface area contributed by atoms with Crippen molar-refractivity contribution in [1.29, 1.82) is 0 Å². The van der Waals surface area contributed by atoms with Crippen LogP contribution in [0.25, 0.3) is 0 Å². The molecule has 0 unspecified atom stereocenters. The zero-order chi connectivity index (χ0) is 8.97. The molecule has 0 aromatic carbocycles. The second-order valence-electron chi connectivity index (χ2n) is 2.34. The Morgan fingerprint density at radius 1 is 1.62 bits per heavy atom. The van der Waals surface area contributed by atoms with Gasteiger partial charge in [-0.3, -0.25) is 4.79 Å². The number of aliphatic hydroxyl groups excluding tert-OH is 1. The van der Waals surface area contributed by atoms with Gasteiger partial charge in [-0.2, -0.15) is 0 Å². The first-order valence-corrected chi connectivity index (χ1v) is 3.49. The van der Waals surface area contributed by atoms with Crippen molar-refractivity contribution < 1.29 is 19.5 Å². The average molecular weight is 195 g/mol. The van der Waals surface area contributed by atoms with E-state index < -0.39 is 5.97 Å². The quantitative estimate of drug-likeness (QED) is 0.635. The van der Waals surface area contributed by atoms with Gasteiger partial charge < -0.3 is 14.7 Å². The van der Waals surface area contributed by atoms with Gasteiger partial charge in [-0.1, -0.05) is 5.16 Å². The number of aliphatic hydroxyl groups is 1. The van der Waals surface area contributed by atoms with Crippen LogP contribution in [-0.4, -0.2) is 50.9 Å². The van der Waals surface area contributed by atoms with Gasteiger partial charge in [0.15, 0.2) is 5.76 Å². The molecule has 1 aromatic heterocycles. The van der Waals surface area contributed by atoms with Crippen LogP contribution in [0.3, 0.4) is 0 Å². The second kappa shape index (κ2) is 6.15. The van der Waals surface area contributed by atoms with E-state index in [0.29, 0.717) is 17.9 Å². The number of hydrogen-bond donors (Lipinski definition) is 2. The summed E-state index contributed by atoms with van der Waals surface area (Å²) in [5.41, 5.74) is 0.557. The number of rotatable bonds is 4. The summed E-state index contributed by atoms with van der Waals surface area (Å²) in [6.45, 7) is -0.208. The molecule has 0 aliphatic heterocycles. The van der Waals surface area contributed by atoms with Crippen molar-refractivity contribution in [3.63, 3.8) is 0 Å². The molecule has 0 amide bonds. The number of hydrogen-bond acceptors (Lipinski definition) is 4. The van der Waals surface area contributed by atoms with Crippen molar-refractivity contribution in [2.75, 3.05) is 0 Å². The number of aryl methyl sites for hydroxylation is 1. The van der Waals surface area contributed by atoms with E-state index in [1.165, 1.54) is 0 Å². The van der Waals surface area contributed by atoms with Gasteiger partial charge in [0, 0.05) is 12.5 Å². The van der Waals surface area contributed by atoms with Gasteiger partial charge in [-0.15, -0.1) is 0 Å². The monoisotopic (exact) mass is 195 g/mol. The van der Waals surface area contributed by atoms with Crippen molar-refractivity contribution in [2.24, 2.45) is 0 Å². The van der Waals surface area contributed by atoms with Crippen molar-refractivity contribution in [3.05, 3.63) is 17.5 Å². The Morgan fingerprint density at radius 3 is 2.77 bits per heavy atom. The molecule has 0 aliphatic rings. The zero-order valence-electron chi connectivity index (χ0n) is 6.36. The van der Waals surface area contributed by atoms with Gasteiger partial charge in [0.2, 0.25) is 0 Å². The third-order valence-electron chi connectivity index (χ3n) is 1.36. The predicted molar refractivity (Wildman–Crippen MR) is 45.5 cm³/mol. The Kier molecular flexibility index (Phi) is 5.98. The fourth-order valence-electron chi connectivity index (χ4n) is 0.783. The summed E-state index contributed by atoms with van der Waals surface area (Å²) in [5.74, 6) is -0.515. The van der Waals surface area contributed by atoms with Crippen molar-refractivity contribution >= 4 is 35.5 Å². The summed E-state index contributed by atoms with van der Waals surface area (Å²) < 4.78 is 4.65. The summed E-state index contributed by atoms with van der Waals surface area (Å²) in [4.78, 5) is 10.1. The molecule has 0 aliphatic carbocycles. The zero-order valence-corrected chi connectivity index (χ0v) is 6.36. The number of aromatic nitrogens is 1. The molecule has 0 radical (unpaired) electrons. The van der Waals surface area contributed by atoms with E-state index in [9.17, 15) is 4.79 Å². The Hall–Kier alpha value is -0.360. The maximum atomic E-state index is 10.1. The molecule has 0 fully saturated rings. The number of carboxylic acids is 1. The molecule has 0 saturated heterocycles. The van der Waals surface area contributed by atoms with Gasteiger partial charge in [-0.25, -0.2) is 0 Å². The van der Waals surface area contributed by atoms with Crippen LogP contribution in [-0.2, 0) is 17.8 Å². The van der Waals surface area contributed by atoms with Crippen LogP contribution >= 0.6 is 0 Å². The normalized spacial score (nSPS) is 9.31. The SMILES string of the molecule is O=C(O)CCc1cc(CO)on1.[NaH]. The Labute approximate surface area is 97.0 Å². The fourth-order valence-corrected chi connectivity index (χ4v) is 0.783. The number of carbonyl (C=O) groups is 1. The van der Waals surface area contributed by atoms with E-state index in [1.807, 2.05) is 0 Å². The van der Waals surface area contributed by atoms with E-state index in [0.717, 1.165) is 0 Å². The topological polar surface area (TPSA) is 83.6 Å². The van der Waals surface area contributed by atoms with Crippen molar-refractivity contribution in [1.82, 2.24) is 5.16 Å². The Morgan fingerprint density at radius 2 is 2.31 bits per heavy atom. The number of nitrogens with zero attached hydrogens (tertiary/aromatic N) is 1. The maximum absolute atomic E-state index is 10.1. The minimum absolute atomic E-state index is 0. The van der Waals surface area contributed by atoms with E-state index >= 15 is 0 Å². The fraction of sp³-hybridized carbons (Fsp3) is 0.429. The molecule has 1 heterocycles. The van der Waals surface area contributed by atoms with E-state index in [2.05, 4.69) is 9.68 Å². The van der Waals surface area contributed by atoms with Crippen molar-refractivity contribution in [2.45, 2.75) is 19.4 Å². The first-order chi connectivity index (χ1) is 5.72. The van der Waals surface area contributed by atoms with Crippen LogP contribution in [0.1, 0.15) is 17.9 Å². The van der Waals surface area contributed by atoms with Crippen molar-refractivity contribution in [3.8, 4) is 0 Å². The summed E-state index contributed by atoms with van der Waals surface area (Å²) in [7, 11) is 0. The average Bonchev–Trinajstić information content (AvgIpc) is 2.48. The molecule has 0 atom stereocenters. The minimum atomic E-state index is -0.872. The van der Waals surface area contributed by atoms with Crippen LogP contribution in [0.2, 0.25) is 0 Å². The molecule has 5 nitrogen and oxygen atoms in total. The van der Waals surface area contributed by atoms with E-state index in [1.54, 1.807) is 6.07 Å². The molecule has 1 rings (SSSR count). The Bertz CT molecular complexity index is 273. The molecule has 2 N–H and O–H groups in total. The van der Waals surface area contributed by atoms with Gasteiger partial charge in [0.25, 0.3) is 0 Å². The Balaban J connectivity index is 0.00000144. The molecule has 0 bridgehead atoms. The molecule has 0 saturated carbocycles. The van der Waals surface area contributed by atoms with Crippen LogP contribution in [0.15, 0.2) is 10.6 Å². The van der Waals surface area contributed by atoms with Crippen LogP contribution in [0, 0.1) is 0 Å². The van der Waals surface area contributed by atoms with Crippen LogP contribution in [0.4, 0.5) is 0 Å². The van der Waals surface area contributed by atoms with Crippen LogP contribution in [0.5, 0.6) is 0 Å². The molecule has 13 heavy (non-hydrogen) atoms. The second-order valence-corrected chi connectivity index (χ2v) is 2.34. The standard InChI is InChI=1S/C7H9NO4.Na.H/c9-4-6-3-5(8-12-6)1-2-7(10)11;;/h3,9H,1-2,4H2,(H,10,11);;. The third-order valence-corrected chi connectivity index (χ3v) is 1.36. The van der Waals surface area contributed by atoms with Gasteiger partial charge >= 0.3 is 35.5 Å². The molecule has 0 spiro atoms. The summed E-state index contributed by atoms with van der Waals surface area (Å²) >= 11 is 0. The van der Waals surface area contributed by atoms with Gasteiger partial charge in [0.05, 0.1) is 12.1 Å². The molecular formula is C7H10NNaO4. The summed E-state index contributed by atoms with van der Waals surface area (Å²) in [6.07, 6.45) is 0.357. The number of aliphatic carboxylic acids is 1. The summed E-state index contributed by atoms with van der Waals surface area (Å²) in [5, 5.41) is 20.5. The predicted octanol–water partition coefficient (Wildman–Crippen LogP) is -0.464. The third kappa shape index (κ3) is 4.42. The van der Waals surface area contributed by atoms with Gasteiger partial charge in [-0.05, 0) is 0 Å². The first-order valence-electron chi connectivity index (χ1n) is 3.49. The molecule has 6 heteroatoms. The first kappa shape index (κ1) is 12.6. The number of carboxylic acid groups (broad SMARTS) is 1. The molecule has 68 valence electrons.